The van der Waals surface area contributed by atoms with Crippen LogP contribution in [0.4, 0.5) is 5.13 Å². The molecule has 0 aliphatic rings. The number of aryl methyl sites for hydroxylation is 2. The number of carbonyl (C=O) groups excluding carboxylic acids is 1. The minimum Gasteiger partial charge on any atom is -0.489 e. The number of carbonyl (C=O) groups is 1. The van der Waals surface area contributed by atoms with E-state index < -0.39 is 0 Å². The molecule has 6 nitrogen and oxygen atoms in total. The average molecular weight is 439 g/mol. The fourth-order valence-electron chi connectivity index (χ4n) is 2.92. The van der Waals surface area contributed by atoms with Gasteiger partial charge < -0.3 is 4.74 Å². The number of nitrogens with one attached hydrogen (secondary N) is 1. The van der Waals surface area contributed by atoms with Gasteiger partial charge in [0.1, 0.15) is 12.4 Å². The summed E-state index contributed by atoms with van der Waals surface area (Å²) in [7, 11) is 1.90. The number of amides is 1. The Labute approximate surface area is 183 Å². The molecule has 1 aromatic carbocycles. The van der Waals surface area contributed by atoms with Crippen LogP contribution in [0.2, 0.25) is 0 Å². The Hall–Kier alpha value is -2.97. The van der Waals surface area contributed by atoms with Crippen molar-refractivity contribution in [3.05, 3.63) is 69.0 Å². The van der Waals surface area contributed by atoms with E-state index in [4.69, 9.17) is 4.74 Å². The summed E-state index contributed by atoms with van der Waals surface area (Å²) in [6.45, 7) is 4.55. The summed E-state index contributed by atoms with van der Waals surface area (Å²) >= 11 is 2.80. The average Bonchev–Trinajstić information content (AvgIpc) is 3.48. The SMILES string of the molecule is CCc1ccc(OCc2csc(C(=O)Nc3nc(-c4cnn(C)c4C)cs3)c2)cc1. The molecule has 0 saturated carbocycles. The fraction of sp³-hybridized carbons (Fsp3) is 0.227. The lowest BCUT2D eigenvalue weighted by Gasteiger charge is -2.05. The number of ether oxygens (including phenoxy) is 1. The lowest BCUT2D eigenvalue weighted by Crippen LogP contribution is -2.09. The molecule has 30 heavy (non-hydrogen) atoms. The smallest absolute Gasteiger partial charge is 0.267 e. The monoisotopic (exact) mass is 438 g/mol. The van der Waals surface area contributed by atoms with E-state index in [0.717, 1.165) is 34.7 Å². The Morgan fingerprint density at radius 2 is 1.97 bits per heavy atom. The summed E-state index contributed by atoms with van der Waals surface area (Å²) in [4.78, 5) is 17.8. The standard InChI is InChI=1S/C22H22N4O2S2/c1-4-15-5-7-17(8-6-15)28-11-16-9-20(29-12-16)21(27)25-22-24-19(13-30-22)18-10-23-26(3)14(18)2/h5-10,12-13H,4,11H2,1-3H3,(H,24,25,27). The Morgan fingerprint density at radius 3 is 2.67 bits per heavy atom. The van der Waals surface area contributed by atoms with Gasteiger partial charge in [-0.2, -0.15) is 5.10 Å². The second kappa shape index (κ2) is 8.81. The van der Waals surface area contributed by atoms with Crippen LogP contribution in [0.3, 0.4) is 0 Å². The minimum absolute atomic E-state index is 0.164. The van der Waals surface area contributed by atoms with Crippen molar-refractivity contribution in [2.24, 2.45) is 7.05 Å². The van der Waals surface area contributed by atoms with Crippen molar-refractivity contribution >= 4 is 33.7 Å². The van der Waals surface area contributed by atoms with Gasteiger partial charge in [-0.3, -0.25) is 14.8 Å². The van der Waals surface area contributed by atoms with Crippen molar-refractivity contribution in [2.45, 2.75) is 26.9 Å². The van der Waals surface area contributed by atoms with Crippen molar-refractivity contribution in [2.75, 3.05) is 5.32 Å². The first kappa shape index (κ1) is 20.3. The molecule has 4 rings (SSSR count). The van der Waals surface area contributed by atoms with E-state index in [1.807, 2.05) is 42.9 Å². The number of thiophene rings is 1. The Balaban J connectivity index is 1.36. The molecule has 0 fully saturated rings. The fourth-order valence-corrected chi connectivity index (χ4v) is 4.42. The molecule has 1 N–H and O–H groups in total. The minimum atomic E-state index is -0.164. The number of anilines is 1. The number of rotatable bonds is 7. The maximum absolute atomic E-state index is 12.6. The Bertz CT molecular complexity index is 1160. The summed E-state index contributed by atoms with van der Waals surface area (Å²) < 4.78 is 7.63. The van der Waals surface area contributed by atoms with Crippen molar-refractivity contribution in [1.82, 2.24) is 14.8 Å². The highest BCUT2D eigenvalue weighted by Gasteiger charge is 2.14. The van der Waals surface area contributed by atoms with Crippen LogP contribution in [-0.2, 0) is 20.1 Å². The summed E-state index contributed by atoms with van der Waals surface area (Å²) in [6, 6.07) is 9.94. The van der Waals surface area contributed by atoms with Crippen LogP contribution in [0.1, 0.15) is 33.4 Å². The molecule has 8 heteroatoms. The number of nitrogens with zero attached hydrogens (tertiary/aromatic N) is 3. The highest BCUT2D eigenvalue weighted by Crippen LogP contribution is 2.28. The van der Waals surface area contributed by atoms with Crippen molar-refractivity contribution < 1.29 is 9.53 Å². The van der Waals surface area contributed by atoms with E-state index in [1.54, 1.807) is 10.9 Å². The zero-order valence-electron chi connectivity index (χ0n) is 17.0. The molecule has 0 saturated heterocycles. The molecule has 1 amide bonds. The van der Waals surface area contributed by atoms with Gasteiger partial charge in [0.15, 0.2) is 5.13 Å². The number of benzene rings is 1. The third-order valence-corrected chi connectivity index (χ3v) is 6.59. The lowest BCUT2D eigenvalue weighted by molar-refractivity contribution is 0.103. The third-order valence-electron chi connectivity index (χ3n) is 4.85. The van der Waals surface area contributed by atoms with Crippen LogP contribution < -0.4 is 10.1 Å². The number of thiazole rings is 1. The number of hydrogen-bond donors (Lipinski definition) is 1. The van der Waals surface area contributed by atoms with Gasteiger partial charge >= 0.3 is 0 Å². The lowest BCUT2D eigenvalue weighted by atomic mass is 10.2. The van der Waals surface area contributed by atoms with Crippen LogP contribution in [-0.4, -0.2) is 20.7 Å². The Kier molecular flexibility index (Phi) is 5.96. The van der Waals surface area contributed by atoms with Gasteiger partial charge in [0.2, 0.25) is 0 Å². The van der Waals surface area contributed by atoms with Crippen LogP contribution >= 0.6 is 22.7 Å². The largest absolute Gasteiger partial charge is 0.489 e. The van der Waals surface area contributed by atoms with Crippen LogP contribution in [0.25, 0.3) is 11.3 Å². The maximum Gasteiger partial charge on any atom is 0.267 e. The molecule has 0 spiro atoms. The zero-order valence-corrected chi connectivity index (χ0v) is 18.6. The summed E-state index contributed by atoms with van der Waals surface area (Å²) in [5.41, 5.74) is 5.06. The first-order valence-electron chi connectivity index (χ1n) is 9.58. The van der Waals surface area contributed by atoms with Gasteiger partial charge in [-0.25, -0.2) is 4.98 Å². The summed E-state index contributed by atoms with van der Waals surface area (Å²) in [6.07, 6.45) is 2.79. The van der Waals surface area contributed by atoms with E-state index in [-0.39, 0.29) is 5.91 Å². The topological polar surface area (TPSA) is 69.0 Å². The van der Waals surface area contributed by atoms with Crippen molar-refractivity contribution in [1.29, 1.82) is 0 Å². The first-order chi connectivity index (χ1) is 14.5. The predicted octanol–water partition coefficient (Wildman–Crippen LogP) is 5.31. The number of aromatic nitrogens is 3. The number of hydrogen-bond acceptors (Lipinski definition) is 6. The molecular formula is C22H22N4O2S2. The van der Waals surface area contributed by atoms with Gasteiger partial charge in [-0.15, -0.1) is 22.7 Å². The maximum atomic E-state index is 12.6. The van der Waals surface area contributed by atoms with E-state index in [9.17, 15) is 4.79 Å². The summed E-state index contributed by atoms with van der Waals surface area (Å²) in [5.74, 6) is 0.660. The summed E-state index contributed by atoms with van der Waals surface area (Å²) in [5, 5.41) is 11.6. The highest BCUT2D eigenvalue weighted by molar-refractivity contribution is 7.14. The molecular weight excluding hydrogens is 416 g/mol. The van der Waals surface area contributed by atoms with Gasteiger partial charge in [0.05, 0.1) is 16.8 Å². The predicted molar refractivity (Wildman–Crippen MR) is 121 cm³/mol. The Morgan fingerprint density at radius 1 is 1.17 bits per heavy atom. The zero-order chi connectivity index (χ0) is 21.1. The first-order valence-corrected chi connectivity index (χ1v) is 11.3. The normalized spacial score (nSPS) is 10.9. The third kappa shape index (κ3) is 4.44. The van der Waals surface area contributed by atoms with Crippen molar-refractivity contribution in [3.8, 4) is 17.0 Å². The molecule has 0 radical (unpaired) electrons. The molecule has 0 atom stereocenters. The van der Waals surface area contributed by atoms with Gasteiger partial charge in [-0.05, 0) is 42.5 Å². The quantitative estimate of drug-likeness (QED) is 0.425. The second-order valence-electron chi connectivity index (χ2n) is 6.86. The van der Waals surface area contributed by atoms with Gasteiger partial charge in [0, 0.05) is 29.2 Å². The molecule has 0 aliphatic carbocycles. The van der Waals surface area contributed by atoms with E-state index >= 15 is 0 Å². The van der Waals surface area contributed by atoms with Gasteiger partial charge in [0.25, 0.3) is 5.91 Å². The molecule has 154 valence electrons. The molecule has 3 aromatic heterocycles. The van der Waals surface area contributed by atoms with E-state index in [2.05, 4.69) is 34.5 Å². The van der Waals surface area contributed by atoms with Gasteiger partial charge in [-0.1, -0.05) is 19.1 Å². The molecule has 3 heterocycles. The highest BCUT2D eigenvalue weighted by atomic mass is 32.1. The molecule has 0 aliphatic heterocycles. The van der Waals surface area contributed by atoms with Crippen molar-refractivity contribution in [3.63, 3.8) is 0 Å². The van der Waals surface area contributed by atoms with E-state index in [1.165, 1.54) is 28.2 Å². The molecule has 4 aromatic rings. The van der Waals surface area contributed by atoms with Crippen LogP contribution in [0, 0.1) is 6.92 Å². The molecule has 0 unspecified atom stereocenters. The van der Waals surface area contributed by atoms with Crippen LogP contribution in [0.15, 0.2) is 47.3 Å². The molecule has 0 bridgehead atoms. The van der Waals surface area contributed by atoms with Crippen LogP contribution in [0.5, 0.6) is 5.75 Å². The second-order valence-corrected chi connectivity index (χ2v) is 8.63. The van der Waals surface area contributed by atoms with E-state index in [0.29, 0.717) is 16.6 Å².